The summed E-state index contributed by atoms with van der Waals surface area (Å²) in [6.07, 6.45) is 3.00. The Morgan fingerprint density at radius 2 is 1.82 bits per heavy atom. The second kappa shape index (κ2) is 8.90. The van der Waals surface area contributed by atoms with E-state index in [-0.39, 0.29) is 11.5 Å². The van der Waals surface area contributed by atoms with Crippen molar-refractivity contribution >= 4 is 23.1 Å². The molecule has 0 N–H and O–H groups in total. The number of piperazine rings is 1. The molecule has 1 aliphatic rings. The first-order chi connectivity index (χ1) is 16.1. The molecule has 5 rings (SSSR count). The van der Waals surface area contributed by atoms with Crippen molar-refractivity contribution in [3.63, 3.8) is 0 Å². The predicted octanol–water partition coefficient (Wildman–Crippen LogP) is 1.25. The Kier molecular flexibility index (Phi) is 5.65. The highest BCUT2D eigenvalue weighted by Gasteiger charge is 2.28. The lowest BCUT2D eigenvalue weighted by Gasteiger charge is -2.36. The molecular weight excluding hydrogens is 442 g/mol. The molecule has 0 bridgehead atoms. The maximum Gasteiger partial charge on any atom is 0.267 e. The Morgan fingerprint density at radius 3 is 2.48 bits per heavy atom. The molecule has 0 radical (unpaired) electrons. The monoisotopic (exact) mass is 463 g/mol. The minimum atomic E-state index is -0.689. The zero-order valence-electron chi connectivity index (χ0n) is 17.9. The maximum absolute atomic E-state index is 13.1. The second-order valence-electron chi connectivity index (χ2n) is 7.56. The van der Waals surface area contributed by atoms with Crippen LogP contribution in [0, 0.1) is 0 Å². The van der Waals surface area contributed by atoms with E-state index in [0.29, 0.717) is 37.7 Å². The van der Waals surface area contributed by atoms with Crippen LogP contribution in [-0.2, 0) is 4.79 Å². The summed E-state index contributed by atoms with van der Waals surface area (Å²) < 4.78 is 2.82. The van der Waals surface area contributed by atoms with Gasteiger partial charge >= 0.3 is 0 Å². The van der Waals surface area contributed by atoms with Crippen LogP contribution in [0.25, 0.3) is 16.4 Å². The normalized spacial score (nSPS) is 14.9. The Balaban J connectivity index is 1.24. The van der Waals surface area contributed by atoms with Gasteiger partial charge in [-0.15, -0.1) is 21.5 Å². The highest BCUT2D eigenvalue weighted by molar-refractivity contribution is 7.13. The largest absolute Gasteiger partial charge is 0.352 e. The number of thiophene rings is 1. The number of nitrogens with zero attached hydrogens (tertiary/aromatic N) is 9. The van der Waals surface area contributed by atoms with Crippen molar-refractivity contribution in [3.8, 4) is 16.4 Å². The van der Waals surface area contributed by atoms with E-state index in [4.69, 9.17) is 0 Å². The van der Waals surface area contributed by atoms with Crippen LogP contribution in [0.4, 0.5) is 5.82 Å². The molecule has 1 aliphatic heterocycles. The third-order valence-electron chi connectivity index (χ3n) is 5.53. The molecule has 5 heterocycles. The number of aromatic nitrogens is 7. The molecule has 0 aliphatic carbocycles. The van der Waals surface area contributed by atoms with Crippen LogP contribution in [0.5, 0.6) is 0 Å². The average Bonchev–Trinajstić information content (AvgIpc) is 3.59. The fourth-order valence-electron chi connectivity index (χ4n) is 3.72. The minimum Gasteiger partial charge on any atom is -0.352 e. The Hall–Kier alpha value is -3.93. The summed E-state index contributed by atoms with van der Waals surface area (Å²) in [5, 5.41) is 18.9. The zero-order valence-corrected chi connectivity index (χ0v) is 18.7. The van der Waals surface area contributed by atoms with Gasteiger partial charge < -0.3 is 9.80 Å². The van der Waals surface area contributed by atoms with Gasteiger partial charge in [-0.25, -0.2) is 14.3 Å². The van der Waals surface area contributed by atoms with E-state index in [1.807, 2.05) is 29.6 Å². The van der Waals surface area contributed by atoms with Crippen LogP contribution in [-0.4, -0.2) is 71.7 Å². The van der Waals surface area contributed by atoms with E-state index >= 15 is 0 Å². The molecule has 1 saturated heterocycles. The third-order valence-corrected chi connectivity index (χ3v) is 6.42. The number of hydrogen-bond donors (Lipinski definition) is 0. The van der Waals surface area contributed by atoms with Gasteiger partial charge in [-0.2, -0.15) is 10.2 Å². The van der Waals surface area contributed by atoms with Gasteiger partial charge in [0.25, 0.3) is 5.56 Å². The quantitative estimate of drug-likeness (QED) is 0.434. The first kappa shape index (κ1) is 20.9. The van der Waals surface area contributed by atoms with E-state index in [1.54, 1.807) is 24.2 Å². The van der Waals surface area contributed by atoms with Crippen molar-refractivity contribution in [2.24, 2.45) is 0 Å². The minimum absolute atomic E-state index is 0.125. The molecule has 0 saturated carbocycles. The summed E-state index contributed by atoms with van der Waals surface area (Å²) in [7, 11) is 0. The summed E-state index contributed by atoms with van der Waals surface area (Å²) in [4.78, 5) is 34.3. The molecule has 11 nitrogen and oxygen atoms in total. The molecule has 1 fully saturated rings. The third kappa shape index (κ3) is 4.24. The number of carbonyl (C=O) groups excluding carboxylic acids is 1. The molecule has 1 atom stereocenters. The fourth-order valence-corrected chi connectivity index (χ4v) is 4.41. The Bertz CT molecular complexity index is 1280. The van der Waals surface area contributed by atoms with Crippen LogP contribution in [0.2, 0.25) is 0 Å². The van der Waals surface area contributed by atoms with Gasteiger partial charge in [0.1, 0.15) is 24.4 Å². The zero-order chi connectivity index (χ0) is 22.8. The van der Waals surface area contributed by atoms with Gasteiger partial charge in [0, 0.05) is 32.2 Å². The van der Waals surface area contributed by atoms with Crippen LogP contribution in [0.1, 0.15) is 13.0 Å². The molecule has 1 amide bonds. The van der Waals surface area contributed by atoms with Crippen molar-refractivity contribution < 1.29 is 4.79 Å². The van der Waals surface area contributed by atoms with Crippen molar-refractivity contribution in [2.45, 2.75) is 13.0 Å². The summed E-state index contributed by atoms with van der Waals surface area (Å²) in [6, 6.07) is 10.0. The standard InChI is InChI=1S/C21H21N9O2S/c1-15(30-20(31)7-4-16(26-30)17-3-2-12-33-17)21(32)28-10-8-27(9-11-28)18-5-6-19(25-24-18)29-14-22-13-23-29/h2-7,12-15H,8-11H2,1H3. The van der Waals surface area contributed by atoms with Crippen LogP contribution < -0.4 is 10.5 Å². The molecule has 4 aromatic rings. The van der Waals surface area contributed by atoms with E-state index in [0.717, 1.165) is 10.7 Å². The van der Waals surface area contributed by atoms with Gasteiger partial charge in [0.15, 0.2) is 11.6 Å². The van der Waals surface area contributed by atoms with Crippen molar-refractivity contribution in [2.75, 3.05) is 31.1 Å². The summed E-state index contributed by atoms with van der Waals surface area (Å²) in [6.45, 7) is 4.00. The van der Waals surface area contributed by atoms with E-state index < -0.39 is 6.04 Å². The highest BCUT2D eigenvalue weighted by atomic mass is 32.1. The van der Waals surface area contributed by atoms with E-state index in [1.165, 1.54) is 33.1 Å². The number of amides is 1. The summed E-state index contributed by atoms with van der Waals surface area (Å²) >= 11 is 1.54. The first-order valence-corrected chi connectivity index (χ1v) is 11.3. The maximum atomic E-state index is 13.1. The molecule has 4 aromatic heterocycles. The average molecular weight is 464 g/mol. The van der Waals surface area contributed by atoms with Gasteiger partial charge in [-0.05, 0) is 36.6 Å². The van der Waals surface area contributed by atoms with Gasteiger partial charge in [-0.3, -0.25) is 9.59 Å². The summed E-state index contributed by atoms with van der Waals surface area (Å²) in [5.74, 6) is 1.20. The summed E-state index contributed by atoms with van der Waals surface area (Å²) in [5.41, 5.74) is 0.388. The number of rotatable bonds is 5. The highest BCUT2D eigenvalue weighted by Crippen LogP contribution is 2.22. The first-order valence-electron chi connectivity index (χ1n) is 10.5. The molecule has 0 aromatic carbocycles. The second-order valence-corrected chi connectivity index (χ2v) is 8.50. The molecule has 0 spiro atoms. The molecular formula is C21H21N9O2S. The van der Waals surface area contributed by atoms with Crippen LogP contribution in [0.3, 0.4) is 0 Å². The Labute approximate surface area is 192 Å². The van der Waals surface area contributed by atoms with Gasteiger partial charge in [-0.1, -0.05) is 6.07 Å². The number of anilines is 1. The molecule has 168 valence electrons. The number of carbonyl (C=O) groups is 1. The van der Waals surface area contributed by atoms with E-state index in [2.05, 4.69) is 30.3 Å². The topological polar surface area (TPSA) is 115 Å². The predicted molar refractivity (Wildman–Crippen MR) is 122 cm³/mol. The van der Waals surface area contributed by atoms with Crippen molar-refractivity contribution in [1.82, 2.24) is 39.6 Å². The smallest absolute Gasteiger partial charge is 0.267 e. The lowest BCUT2D eigenvalue weighted by molar-refractivity contribution is -0.135. The van der Waals surface area contributed by atoms with E-state index in [9.17, 15) is 9.59 Å². The van der Waals surface area contributed by atoms with Crippen molar-refractivity contribution in [1.29, 1.82) is 0 Å². The van der Waals surface area contributed by atoms with Crippen molar-refractivity contribution in [3.05, 3.63) is 64.8 Å². The molecule has 12 heteroatoms. The van der Waals surface area contributed by atoms with Gasteiger partial charge in [0.2, 0.25) is 5.91 Å². The van der Waals surface area contributed by atoms with Crippen LogP contribution in [0.15, 0.2) is 59.2 Å². The van der Waals surface area contributed by atoms with Crippen LogP contribution >= 0.6 is 11.3 Å². The number of hydrogen-bond acceptors (Lipinski definition) is 9. The molecule has 1 unspecified atom stereocenters. The lowest BCUT2D eigenvalue weighted by atomic mass is 10.2. The van der Waals surface area contributed by atoms with Gasteiger partial charge in [0.05, 0.1) is 4.88 Å². The SMILES string of the molecule is CC(C(=O)N1CCN(c2ccc(-n3cncn3)nn2)CC1)n1nc(-c2cccs2)ccc1=O. The lowest BCUT2D eigenvalue weighted by Crippen LogP contribution is -2.51. The molecule has 33 heavy (non-hydrogen) atoms. The fraction of sp³-hybridized carbons (Fsp3) is 0.286. The Morgan fingerprint density at radius 1 is 1.03 bits per heavy atom.